The molecule has 2 aromatic rings. The fourth-order valence-corrected chi connectivity index (χ4v) is 3.01. The van der Waals surface area contributed by atoms with Gasteiger partial charge in [0.2, 0.25) is 0 Å². The van der Waals surface area contributed by atoms with Crippen LogP contribution >= 0.6 is 0 Å². The summed E-state index contributed by atoms with van der Waals surface area (Å²) < 4.78 is 44.3. The van der Waals surface area contributed by atoms with Crippen LogP contribution in [0.5, 0.6) is 0 Å². The molecule has 3 rings (SSSR count). The van der Waals surface area contributed by atoms with Gasteiger partial charge in [-0.1, -0.05) is 18.2 Å². The van der Waals surface area contributed by atoms with Crippen LogP contribution < -0.4 is 5.56 Å². The monoisotopic (exact) mass is 354 g/mol. The summed E-state index contributed by atoms with van der Waals surface area (Å²) in [6, 6.07) is 8.16. The van der Waals surface area contributed by atoms with Crippen LogP contribution in [0.4, 0.5) is 13.2 Å². The Balaban J connectivity index is 1.96. The van der Waals surface area contributed by atoms with E-state index in [1.807, 2.05) is 0 Å². The molecule has 1 amide bonds. The lowest BCUT2D eigenvalue weighted by Crippen LogP contribution is -2.58. The van der Waals surface area contributed by atoms with Gasteiger partial charge in [-0.15, -0.1) is 0 Å². The van der Waals surface area contributed by atoms with Crippen LogP contribution in [0, 0.1) is 0 Å². The SMILES string of the molecule is CC1(C)CN(C(=O)c2cc3ccccc3c(=O)[nH]2)CC(C(F)(F)F)O1. The minimum atomic E-state index is -4.58. The van der Waals surface area contributed by atoms with E-state index in [0.29, 0.717) is 10.8 Å². The number of rotatable bonds is 1. The first-order valence-electron chi connectivity index (χ1n) is 7.73. The fourth-order valence-electron chi connectivity index (χ4n) is 3.01. The molecule has 0 aliphatic carbocycles. The normalized spacial score (nSPS) is 20.7. The maximum absolute atomic E-state index is 13.1. The van der Waals surface area contributed by atoms with Gasteiger partial charge in [0.1, 0.15) is 5.69 Å². The predicted octanol–water partition coefficient (Wildman–Crippen LogP) is 2.71. The van der Waals surface area contributed by atoms with Gasteiger partial charge in [-0.25, -0.2) is 0 Å². The molecule has 1 saturated heterocycles. The van der Waals surface area contributed by atoms with Crippen molar-refractivity contribution in [3.05, 3.63) is 46.4 Å². The average Bonchev–Trinajstić information content (AvgIpc) is 2.51. The van der Waals surface area contributed by atoms with E-state index in [9.17, 15) is 22.8 Å². The Morgan fingerprint density at radius 1 is 1.32 bits per heavy atom. The first-order valence-corrected chi connectivity index (χ1v) is 7.73. The van der Waals surface area contributed by atoms with E-state index in [0.717, 1.165) is 4.90 Å². The van der Waals surface area contributed by atoms with E-state index in [1.54, 1.807) is 24.3 Å². The molecule has 1 aliphatic heterocycles. The van der Waals surface area contributed by atoms with Gasteiger partial charge < -0.3 is 14.6 Å². The van der Waals surface area contributed by atoms with Gasteiger partial charge in [-0.2, -0.15) is 13.2 Å². The number of aromatic amines is 1. The zero-order valence-corrected chi connectivity index (χ0v) is 13.7. The van der Waals surface area contributed by atoms with E-state index in [4.69, 9.17) is 4.74 Å². The molecule has 1 aromatic heterocycles. The Morgan fingerprint density at radius 3 is 2.68 bits per heavy atom. The number of hydrogen-bond donors (Lipinski definition) is 1. The number of morpholine rings is 1. The molecule has 0 bridgehead atoms. The number of alkyl halides is 3. The molecule has 0 saturated carbocycles. The number of nitrogens with zero attached hydrogens (tertiary/aromatic N) is 1. The maximum Gasteiger partial charge on any atom is 0.416 e. The summed E-state index contributed by atoms with van der Waals surface area (Å²) >= 11 is 0. The minimum Gasteiger partial charge on any atom is -0.359 e. The Hall–Kier alpha value is -2.35. The second-order valence-electron chi connectivity index (χ2n) is 6.69. The van der Waals surface area contributed by atoms with Crippen molar-refractivity contribution in [2.45, 2.75) is 31.7 Å². The molecule has 1 fully saturated rings. The third kappa shape index (κ3) is 3.53. The molecular weight excluding hydrogens is 337 g/mol. The molecule has 0 radical (unpaired) electrons. The highest BCUT2D eigenvalue weighted by Gasteiger charge is 2.49. The van der Waals surface area contributed by atoms with E-state index in [1.165, 1.54) is 19.9 Å². The number of H-pyrrole nitrogens is 1. The van der Waals surface area contributed by atoms with Gasteiger partial charge in [-0.05, 0) is 31.4 Å². The maximum atomic E-state index is 13.1. The molecule has 5 nitrogen and oxygen atoms in total. The van der Waals surface area contributed by atoms with Crippen molar-refractivity contribution in [2.24, 2.45) is 0 Å². The Labute approximate surface area is 141 Å². The Kier molecular flexibility index (Phi) is 4.10. The molecule has 134 valence electrons. The van der Waals surface area contributed by atoms with Crippen molar-refractivity contribution in [3.63, 3.8) is 0 Å². The number of carbonyl (C=O) groups is 1. The number of carbonyl (C=O) groups excluding carboxylic acids is 1. The number of amides is 1. The second-order valence-corrected chi connectivity index (χ2v) is 6.69. The van der Waals surface area contributed by atoms with Crippen LogP contribution in [0.2, 0.25) is 0 Å². The van der Waals surface area contributed by atoms with Crippen molar-refractivity contribution >= 4 is 16.7 Å². The third-order valence-corrected chi connectivity index (χ3v) is 4.06. The first kappa shape index (κ1) is 17.5. The highest BCUT2D eigenvalue weighted by Crippen LogP contribution is 2.32. The number of hydrogen-bond acceptors (Lipinski definition) is 3. The molecule has 8 heteroatoms. The van der Waals surface area contributed by atoms with Crippen molar-refractivity contribution in [3.8, 4) is 0 Å². The van der Waals surface area contributed by atoms with Crippen molar-refractivity contribution in [1.82, 2.24) is 9.88 Å². The summed E-state index contributed by atoms with van der Waals surface area (Å²) in [5.74, 6) is -0.659. The summed E-state index contributed by atoms with van der Waals surface area (Å²) in [5, 5.41) is 0.962. The zero-order valence-electron chi connectivity index (χ0n) is 13.7. The van der Waals surface area contributed by atoms with Gasteiger partial charge in [0.05, 0.1) is 12.1 Å². The molecule has 1 aliphatic rings. The standard InChI is InChI=1S/C17H17F3N2O3/c1-16(2)9-22(8-13(25-16)17(18,19)20)15(24)12-7-10-5-3-4-6-11(10)14(23)21-12/h3-7,13H,8-9H2,1-2H3,(H,21,23). The van der Waals surface area contributed by atoms with E-state index in [2.05, 4.69) is 4.98 Å². The highest BCUT2D eigenvalue weighted by molar-refractivity contribution is 5.96. The summed E-state index contributed by atoms with van der Waals surface area (Å²) in [7, 11) is 0. The number of ether oxygens (including phenoxy) is 1. The smallest absolute Gasteiger partial charge is 0.359 e. The molecule has 1 N–H and O–H groups in total. The predicted molar refractivity (Wildman–Crippen MR) is 85.5 cm³/mol. The topological polar surface area (TPSA) is 62.4 Å². The minimum absolute atomic E-state index is 0.00668. The zero-order chi connectivity index (χ0) is 18.4. The highest BCUT2D eigenvalue weighted by atomic mass is 19.4. The number of pyridine rings is 1. The lowest BCUT2D eigenvalue weighted by Gasteiger charge is -2.43. The molecule has 1 aromatic carbocycles. The van der Waals surface area contributed by atoms with Crippen LogP contribution in [0.3, 0.4) is 0 Å². The van der Waals surface area contributed by atoms with Crippen LogP contribution in [-0.4, -0.2) is 46.8 Å². The van der Waals surface area contributed by atoms with E-state index in [-0.39, 0.29) is 12.2 Å². The largest absolute Gasteiger partial charge is 0.416 e. The summed E-state index contributed by atoms with van der Waals surface area (Å²) in [4.78, 5) is 28.3. The number of nitrogens with one attached hydrogen (secondary N) is 1. The van der Waals surface area contributed by atoms with Gasteiger partial charge in [0.25, 0.3) is 11.5 Å². The van der Waals surface area contributed by atoms with Crippen molar-refractivity contribution in [1.29, 1.82) is 0 Å². The molecule has 2 heterocycles. The summed E-state index contributed by atoms with van der Waals surface area (Å²) in [6.45, 7) is 2.37. The molecule has 1 unspecified atom stereocenters. The Morgan fingerprint density at radius 2 is 2.00 bits per heavy atom. The van der Waals surface area contributed by atoms with Crippen LogP contribution in [0.15, 0.2) is 35.1 Å². The van der Waals surface area contributed by atoms with Gasteiger partial charge >= 0.3 is 6.18 Å². The van der Waals surface area contributed by atoms with Crippen molar-refractivity contribution in [2.75, 3.05) is 13.1 Å². The number of aromatic nitrogens is 1. The van der Waals surface area contributed by atoms with Gasteiger partial charge in [0, 0.05) is 11.9 Å². The van der Waals surface area contributed by atoms with Gasteiger partial charge in [-0.3, -0.25) is 9.59 Å². The Bertz CT molecular complexity index is 873. The first-order chi connectivity index (χ1) is 11.6. The number of benzene rings is 1. The lowest BCUT2D eigenvalue weighted by atomic mass is 10.0. The van der Waals surface area contributed by atoms with Crippen molar-refractivity contribution < 1.29 is 22.7 Å². The number of fused-ring (bicyclic) bond motifs is 1. The average molecular weight is 354 g/mol. The molecule has 0 spiro atoms. The van der Waals surface area contributed by atoms with E-state index < -0.39 is 35.9 Å². The fraction of sp³-hybridized carbons (Fsp3) is 0.412. The summed E-state index contributed by atoms with van der Waals surface area (Å²) in [5.41, 5.74) is -1.64. The lowest BCUT2D eigenvalue weighted by molar-refractivity contribution is -0.267. The quantitative estimate of drug-likeness (QED) is 0.857. The molecule has 25 heavy (non-hydrogen) atoms. The van der Waals surface area contributed by atoms with Crippen LogP contribution in [-0.2, 0) is 4.74 Å². The number of halogens is 3. The third-order valence-electron chi connectivity index (χ3n) is 4.06. The van der Waals surface area contributed by atoms with Crippen LogP contribution in [0.1, 0.15) is 24.3 Å². The molecule has 1 atom stereocenters. The summed E-state index contributed by atoms with van der Waals surface area (Å²) in [6.07, 6.45) is -6.64. The second kappa shape index (κ2) is 5.87. The van der Waals surface area contributed by atoms with E-state index >= 15 is 0 Å². The van der Waals surface area contributed by atoms with Gasteiger partial charge in [0.15, 0.2) is 6.10 Å². The van der Waals surface area contributed by atoms with Crippen LogP contribution in [0.25, 0.3) is 10.8 Å². The molecular formula is C17H17F3N2O3.